The van der Waals surface area contributed by atoms with Gasteiger partial charge in [-0.05, 0) is 56.5 Å². The number of aliphatic imine (C=N–C) groups is 1. The van der Waals surface area contributed by atoms with Crippen molar-refractivity contribution in [2.75, 3.05) is 17.3 Å². The van der Waals surface area contributed by atoms with E-state index >= 15 is 0 Å². The Labute approximate surface area is 261 Å². The molecule has 1 atom stereocenters. The Morgan fingerprint density at radius 3 is 2.40 bits per heavy atom. The van der Waals surface area contributed by atoms with Crippen LogP contribution < -0.4 is 10.6 Å². The fourth-order valence-electron chi connectivity index (χ4n) is 3.73. The second-order valence-electron chi connectivity index (χ2n) is 9.04. The summed E-state index contributed by atoms with van der Waals surface area (Å²) in [6.07, 6.45) is -0.388. The van der Waals surface area contributed by atoms with Gasteiger partial charge in [-0.2, -0.15) is 13.2 Å². The molecule has 0 saturated carbocycles. The van der Waals surface area contributed by atoms with Gasteiger partial charge < -0.3 is 10.6 Å². The maximum absolute atomic E-state index is 13.1. The molecule has 4 rings (SSSR count). The number of carbonyl (C=O) groups excluding carboxylic acids is 2. The molecule has 2 N–H and O–H groups in total. The number of halogens is 6. The van der Waals surface area contributed by atoms with Crippen LogP contribution in [0.3, 0.4) is 0 Å². The molecular weight excluding hydrogens is 651 g/mol. The normalized spacial score (nSPS) is 12.7. The molecule has 43 heavy (non-hydrogen) atoms. The van der Waals surface area contributed by atoms with Gasteiger partial charge in [-0.15, -0.1) is 22.7 Å². The summed E-state index contributed by atoms with van der Waals surface area (Å²) in [4.78, 5) is 42.7. The number of anilines is 2. The lowest BCUT2D eigenvalue weighted by atomic mass is 10.1. The molecule has 0 aliphatic rings. The summed E-state index contributed by atoms with van der Waals surface area (Å²) in [5.74, 6) is -1.38. The third-order valence-electron chi connectivity index (χ3n) is 5.82. The fourth-order valence-corrected chi connectivity index (χ4v) is 5.72. The molecule has 226 valence electrons. The molecule has 0 aliphatic heterocycles. The van der Waals surface area contributed by atoms with E-state index < -0.39 is 35.4 Å². The fraction of sp³-hybridized carbons (Fsp3) is 0.259. The SMILES string of the molecule is C/C(=N\C(C)c1ncc(C(=O)Nc2ccc(Cl)c(CCCF)c2)s1)c1ncc(C(=O)Nc2cc(C(F)(F)F)c(Cl)cn2)s1. The molecule has 0 radical (unpaired) electrons. The Kier molecular flexibility index (Phi) is 10.5. The number of hydrogen-bond donors (Lipinski definition) is 2. The topological polar surface area (TPSA) is 109 Å². The lowest BCUT2D eigenvalue weighted by Gasteiger charge is -2.10. The molecule has 0 spiro atoms. The van der Waals surface area contributed by atoms with E-state index in [1.54, 1.807) is 32.0 Å². The van der Waals surface area contributed by atoms with Gasteiger partial charge in [-0.3, -0.25) is 19.0 Å². The second kappa shape index (κ2) is 13.9. The predicted octanol–water partition coefficient (Wildman–Crippen LogP) is 8.30. The third-order valence-corrected chi connectivity index (χ3v) is 8.76. The Bertz CT molecular complexity index is 1680. The number of alkyl halides is 4. The first kappa shape index (κ1) is 32.5. The van der Waals surface area contributed by atoms with Gasteiger partial charge in [0.1, 0.15) is 25.6 Å². The maximum Gasteiger partial charge on any atom is 0.418 e. The van der Waals surface area contributed by atoms with Crippen molar-refractivity contribution in [3.05, 3.63) is 83.8 Å². The van der Waals surface area contributed by atoms with Crippen LogP contribution in [0.1, 0.15) is 66.8 Å². The van der Waals surface area contributed by atoms with Crippen LogP contribution in [-0.2, 0) is 12.6 Å². The summed E-state index contributed by atoms with van der Waals surface area (Å²) in [5.41, 5.74) is 0.634. The molecule has 0 saturated heterocycles. The molecular formula is C27H22Cl2F4N6O2S2. The van der Waals surface area contributed by atoms with Crippen molar-refractivity contribution in [3.8, 4) is 0 Å². The zero-order chi connectivity index (χ0) is 31.3. The molecule has 0 aliphatic carbocycles. The number of pyridine rings is 1. The monoisotopic (exact) mass is 672 g/mol. The van der Waals surface area contributed by atoms with Crippen LogP contribution in [0.5, 0.6) is 0 Å². The summed E-state index contributed by atoms with van der Waals surface area (Å²) in [5, 5.41) is 6.01. The van der Waals surface area contributed by atoms with Crippen molar-refractivity contribution in [2.24, 2.45) is 4.99 Å². The van der Waals surface area contributed by atoms with Gasteiger partial charge in [0.2, 0.25) is 0 Å². The highest BCUT2D eigenvalue weighted by atomic mass is 35.5. The van der Waals surface area contributed by atoms with Crippen molar-refractivity contribution in [2.45, 2.75) is 38.9 Å². The van der Waals surface area contributed by atoms with Gasteiger partial charge in [0.25, 0.3) is 11.8 Å². The molecule has 1 aromatic carbocycles. The van der Waals surface area contributed by atoms with Crippen LogP contribution in [-0.4, -0.2) is 39.2 Å². The van der Waals surface area contributed by atoms with E-state index in [0.717, 1.165) is 34.4 Å². The Balaban J connectivity index is 1.40. The zero-order valence-electron chi connectivity index (χ0n) is 22.4. The highest BCUT2D eigenvalue weighted by Crippen LogP contribution is 2.35. The van der Waals surface area contributed by atoms with Gasteiger partial charge in [-0.25, -0.2) is 15.0 Å². The molecule has 3 heterocycles. The number of carbonyl (C=O) groups is 2. The minimum absolute atomic E-state index is 0.130. The first-order valence-electron chi connectivity index (χ1n) is 12.5. The number of nitrogens with zero attached hydrogens (tertiary/aromatic N) is 4. The van der Waals surface area contributed by atoms with Gasteiger partial charge >= 0.3 is 6.18 Å². The van der Waals surface area contributed by atoms with Gasteiger partial charge in [0, 0.05) is 16.9 Å². The molecule has 0 fully saturated rings. The van der Waals surface area contributed by atoms with Crippen LogP contribution in [0, 0.1) is 0 Å². The molecule has 1 unspecified atom stereocenters. The third kappa shape index (κ3) is 8.34. The molecule has 16 heteroatoms. The molecule has 4 aromatic rings. The van der Waals surface area contributed by atoms with E-state index in [2.05, 4.69) is 30.6 Å². The van der Waals surface area contributed by atoms with E-state index in [4.69, 9.17) is 23.2 Å². The Hall–Kier alpha value is -3.46. The molecule has 0 bridgehead atoms. The van der Waals surface area contributed by atoms with E-state index in [-0.39, 0.29) is 16.6 Å². The smallest absolute Gasteiger partial charge is 0.321 e. The number of rotatable bonds is 10. The number of hydrogen-bond acceptors (Lipinski definition) is 8. The van der Waals surface area contributed by atoms with Crippen LogP contribution in [0.4, 0.5) is 29.1 Å². The first-order valence-corrected chi connectivity index (χ1v) is 14.9. The lowest BCUT2D eigenvalue weighted by molar-refractivity contribution is -0.137. The van der Waals surface area contributed by atoms with E-state index in [1.807, 2.05) is 0 Å². The highest BCUT2D eigenvalue weighted by molar-refractivity contribution is 7.15. The quantitative estimate of drug-likeness (QED) is 0.130. The maximum atomic E-state index is 13.1. The van der Waals surface area contributed by atoms with Crippen molar-refractivity contribution < 1.29 is 27.2 Å². The summed E-state index contributed by atoms with van der Waals surface area (Å²) in [6, 6.07) is 5.22. The van der Waals surface area contributed by atoms with Crippen molar-refractivity contribution in [3.63, 3.8) is 0 Å². The average molecular weight is 674 g/mol. The number of benzene rings is 1. The minimum Gasteiger partial charge on any atom is -0.321 e. The Morgan fingerprint density at radius 2 is 1.67 bits per heavy atom. The van der Waals surface area contributed by atoms with E-state index in [0.29, 0.717) is 50.2 Å². The number of thiazole rings is 2. The van der Waals surface area contributed by atoms with Crippen LogP contribution in [0.15, 0.2) is 47.8 Å². The zero-order valence-corrected chi connectivity index (χ0v) is 25.6. The molecule has 8 nitrogen and oxygen atoms in total. The number of aromatic nitrogens is 3. The summed E-state index contributed by atoms with van der Waals surface area (Å²) in [6.45, 7) is 3.01. The van der Waals surface area contributed by atoms with Crippen LogP contribution >= 0.6 is 45.9 Å². The first-order chi connectivity index (χ1) is 20.3. The number of aryl methyl sites for hydroxylation is 1. The molecule has 3 aromatic heterocycles. The van der Waals surface area contributed by atoms with E-state index in [1.165, 1.54) is 12.4 Å². The largest absolute Gasteiger partial charge is 0.418 e. The highest BCUT2D eigenvalue weighted by Gasteiger charge is 2.34. The number of amides is 2. The van der Waals surface area contributed by atoms with Gasteiger partial charge in [0.05, 0.1) is 41.4 Å². The van der Waals surface area contributed by atoms with E-state index in [9.17, 15) is 27.2 Å². The minimum atomic E-state index is -4.71. The molecule has 2 amide bonds. The summed E-state index contributed by atoms with van der Waals surface area (Å²) < 4.78 is 51.9. The van der Waals surface area contributed by atoms with Gasteiger partial charge in [-0.1, -0.05) is 23.2 Å². The summed E-state index contributed by atoms with van der Waals surface area (Å²) >= 11 is 13.9. The van der Waals surface area contributed by atoms with Crippen molar-refractivity contribution in [1.82, 2.24) is 15.0 Å². The standard InChI is InChI=1S/C27H22Cl2F4N6O2S2/c1-13(25-35-11-20(42-25)23(40)38-16-5-6-18(28)15(8-16)4-3-7-30)37-14(2)26-36-12-21(43-26)24(41)39-22-9-17(27(31,32)33)19(29)10-34-22/h5-6,8-13H,3-4,7H2,1-2H3,(H,38,40)(H,34,39,41)/b37-14+. The van der Waals surface area contributed by atoms with Gasteiger partial charge in [0.15, 0.2) is 0 Å². The average Bonchev–Trinajstić information content (AvgIpc) is 3.65. The van der Waals surface area contributed by atoms with Crippen LogP contribution in [0.25, 0.3) is 0 Å². The number of nitrogens with one attached hydrogen (secondary N) is 2. The Morgan fingerprint density at radius 1 is 0.977 bits per heavy atom. The van der Waals surface area contributed by atoms with Crippen LogP contribution in [0.2, 0.25) is 10.0 Å². The van der Waals surface area contributed by atoms with Crippen molar-refractivity contribution in [1.29, 1.82) is 0 Å². The second-order valence-corrected chi connectivity index (χ2v) is 11.9. The van der Waals surface area contributed by atoms with Crippen molar-refractivity contribution >= 4 is 74.9 Å². The lowest BCUT2D eigenvalue weighted by Crippen LogP contribution is -2.13. The summed E-state index contributed by atoms with van der Waals surface area (Å²) in [7, 11) is 0. The predicted molar refractivity (Wildman–Crippen MR) is 161 cm³/mol.